The van der Waals surface area contributed by atoms with Crippen molar-refractivity contribution in [1.82, 2.24) is 5.32 Å². The van der Waals surface area contributed by atoms with Crippen molar-refractivity contribution in [2.45, 2.75) is 32.6 Å². The molecule has 0 aliphatic carbocycles. The summed E-state index contributed by atoms with van der Waals surface area (Å²) in [5, 5.41) is 10.3. The number of benzene rings is 2. The summed E-state index contributed by atoms with van der Waals surface area (Å²) in [7, 11) is 1.50. The molecule has 138 valence electrons. The number of carbonyl (C=O) groups excluding carboxylic acids is 1. The lowest BCUT2D eigenvalue weighted by Gasteiger charge is -2.17. The smallest absolute Gasteiger partial charge is 0.254 e. The van der Waals surface area contributed by atoms with Crippen LogP contribution in [0.1, 0.15) is 36.6 Å². The molecule has 1 unspecified atom stereocenters. The van der Waals surface area contributed by atoms with Crippen LogP contribution in [0.3, 0.4) is 0 Å². The molecule has 6 heteroatoms. The molecule has 2 aromatic rings. The maximum Gasteiger partial charge on any atom is 0.254 e. The first-order chi connectivity index (χ1) is 12.4. The molecule has 1 atom stereocenters. The molecular weight excluding hydrogens is 330 g/mol. The van der Waals surface area contributed by atoms with Crippen LogP contribution in [0.2, 0.25) is 0 Å². The minimum absolute atomic E-state index is 0.0184. The van der Waals surface area contributed by atoms with E-state index in [1.165, 1.54) is 7.11 Å². The van der Waals surface area contributed by atoms with Gasteiger partial charge in [0.25, 0.3) is 5.91 Å². The highest BCUT2D eigenvalue weighted by atomic mass is 16.5. The molecule has 0 bridgehead atoms. The molecule has 26 heavy (non-hydrogen) atoms. The molecule has 0 aliphatic heterocycles. The van der Waals surface area contributed by atoms with Gasteiger partial charge in [-0.05, 0) is 37.1 Å². The van der Waals surface area contributed by atoms with E-state index in [4.69, 9.17) is 20.6 Å². The SMILES string of the molecule is COC(C(=O)NCc1ccc(C(=N)N)cc1)c1ccc(OC(C)C)cc1. The van der Waals surface area contributed by atoms with Gasteiger partial charge in [0.1, 0.15) is 11.6 Å². The van der Waals surface area contributed by atoms with E-state index in [2.05, 4.69) is 5.32 Å². The van der Waals surface area contributed by atoms with Crippen LogP contribution in [0.5, 0.6) is 5.75 Å². The maximum absolute atomic E-state index is 12.5. The van der Waals surface area contributed by atoms with Crippen molar-refractivity contribution >= 4 is 11.7 Å². The summed E-state index contributed by atoms with van der Waals surface area (Å²) in [6, 6.07) is 14.5. The molecule has 2 rings (SSSR count). The van der Waals surface area contributed by atoms with E-state index in [1.54, 1.807) is 12.1 Å². The largest absolute Gasteiger partial charge is 0.491 e. The number of carbonyl (C=O) groups is 1. The molecule has 4 N–H and O–H groups in total. The fourth-order valence-electron chi connectivity index (χ4n) is 2.47. The Morgan fingerprint density at radius 3 is 2.23 bits per heavy atom. The Hall–Kier alpha value is -2.86. The van der Waals surface area contributed by atoms with Crippen molar-refractivity contribution in [3.05, 3.63) is 65.2 Å². The lowest BCUT2D eigenvalue weighted by atomic mass is 10.1. The Kier molecular flexibility index (Phi) is 6.74. The summed E-state index contributed by atoms with van der Waals surface area (Å²) in [6.45, 7) is 4.29. The quantitative estimate of drug-likeness (QED) is 0.501. The second-order valence-corrected chi connectivity index (χ2v) is 6.18. The van der Waals surface area contributed by atoms with Gasteiger partial charge in [0.2, 0.25) is 0 Å². The maximum atomic E-state index is 12.5. The van der Waals surface area contributed by atoms with E-state index in [-0.39, 0.29) is 17.8 Å². The Bertz CT molecular complexity index is 740. The molecule has 0 radical (unpaired) electrons. The van der Waals surface area contributed by atoms with Crippen LogP contribution in [-0.2, 0) is 16.1 Å². The van der Waals surface area contributed by atoms with Crippen LogP contribution in [0, 0.1) is 5.41 Å². The minimum atomic E-state index is -0.695. The third kappa shape index (κ3) is 5.32. The number of amidine groups is 1. The van der Waals surface area contributed by atoms with Gasteiger partial charge in [0, 0.05) is 19.2 Å². The fourth-order valence-corrected chi connectivity index (χ4v) is 2.47. The number of methoxy groups -OCH3 is 1. The number of amides is 1. The number of hydrogen-bond donors (Lipinski definition) is 3. The molecule has 6 nitrogen and oxygen atoms in total. The number of nitrogen functional groups attached to an aromatic ring is 1. The second-order valence-electron chi connectivity index (χ2n) is 6.18. The van der Waals surface area contributed by atoms with Gasteiger partial charge in [-0.15, -0.1) is 0 Å². The molecule has 0 fully saturated rings. The summed E-state index contributed by atoms with van der Waals surface area (Å²) in [5.74, 6) is 0.551. The van der Waals surface area contributed by atoms with Crippen LogP contribution in [0.4, 0.5) is 0 Å². The zero-order chi connectivity index (χ0) is 19.1. The van der Waals surface area contributed by atoms with Crippen molar-refractivity contribution in [2.75, 3.05) is 7.11 Å². The lowest BCUT2D eigenvalue weighted by Crippen LogP contribution is -2.30. The lowest BCUT2D eigenvalue weighted by molar-refractivity contribution is -0.131. The molecule has 0 saturated carbocycles. The molecule has 1 amide bonds. The van der Waals surface area contributed by atoms with E-state index in [1.807, 2.05) is 50.2 Å². The van der Waals surface area contributed by atoms with E-state index >= 15 is 0 Å². The normalized spacial score (nSPS) is 11.8. The highest BCUT2D eigenvalue weighted by molar-refractivity contribution is 5.94. The van der Waals surface area contributed by atoms with Crippen LogP contribution in [-0.4, -0.2) is 25.0 Å². The topological polar surface area (TPSA) is 97.4 Å². The van der Waals surface area contributed by atoms with Crippen LogP contribution < -0.4 is 15.8 Å². The zero-order valence-corrected chi connectivity index (χ0v) is 15.3. The van der Waals surface area contributed by atoms with E-state index < -0.39 is 6.10 Å². The predicted octanol–water partition coefficient (Wildman–Crippen LogP) is 2.76. The van der Waals surface area contributed by atoms with Gasteiger partial charge in [0.15, 0.2) is 6.10 Å². The second kappa shape index (κ2) is 9.01. The summed E-state index contributed by atoms with van der Waals surface area (Å²) in [4.78, 5) is 12.5. The van der Waals surface area contributed by atoms with Crippen molar-refractivity contribution in [2.24, 2.45) is 5.73 Å². The summed E-state index contributed by atoms with van der Waals surface area (Å²) in [5.41, 5.74) is 7.76. The average molecular weight is 355 g/mol. The van der Waals surface area contributed by atoms with Gasteiger partial charge in [-0.2, -0.15) is 0 Å². The van der Waals surface area contributed by atoms with Gasteiger partial charge in [-0.3, -0.25) is 10.2 Å². The predicted molar refractivity (Wildman–Crippen MR) is 101 cm³/mol. The monoisotopic (exact) mass is 355 g/mol. The Labute approximate surface area is 153 Å². The Morgan fingerprint density at radius 2 is 1.73 bits per heavy atom. The van der Waals surface area contributed by atoms with Crippen LogP contribution in [0.15, 0.2) is 48.5 Å². The standard InChI is InChI=1S/C20H25N3O3/c1-13(2)26-17-10-8-15(9-11-17)18(25-3)20(24)23-12-14-4-6-16(7-5-14)19(21)22/h4-11,13,18H,12H2,1-3H3,(H3,21,22)(H,23,24). The van der Waals surface area contributed by atoms with E-state index in [9.17, 15) is 4.79 Å². The third-order valence-corrected chi connectivity index (χ3v) is 3.76. The van der Waals surface area contributed by atoms with Gasteiger partial charge in [0.05, 0.1) is 6.10 Å². The first-order valence-electron chi connectivity index (χ1n) is 8.41. The van der Waals surface area contributed by atoms with Crippen molar-refractivity contribution in [3.63, 3.8) is 0 Å². The number of nitrogens with one attached hydrogen (secondary N) is 2. The van der Waals surface area contributed by atoms with Crippen LogP contribution >= 0.6 is 0 Å². The molecule has 0 spiro atoms. The first-order valence-corrected chi connectivity index (χ1v) is 8.41. The average Bonchev–Trinajstić information content (AvgIpc) is 2.62. The zero-order valence-electron chi connectivity index (χ0n) is 15.3. The van der Waals surface area contributed by atoms with Crippen molar-refractivity contribution in [3.8, 4) is 5.75 Å². The molecular formula is C20H25N3O3. The van der Waals surface area contributed by atoms with E-state index in [0.717, 1.165) is 16.9 Å². The highest BCUT2D eigenvalue weighted by Crippen LogP contribution is 2.21. The minimum Gasteiger partial charge on any atom is -0.491 e. The van der Waals surface area contributed by atoms with Gasteiger partial charge in [-0.1, -0.05) is 36.4 Å². The van der Waals surface area contributed by atoms with Gasteiger partial charge < -0.3 is 20.5 Å². The summed E-state index contributed by atoms with van der Waals surface area (Å²) < 4.78 is 11.0. The Morgan fingerprint density at radius 1 is 1.12 bits per heavy atom. The van der Waals surface area contributed by atoms with E-state index in [0.29, 0.717) is 12.1 Å². The van der Waals surface area contributed by atoms with Gasteiger partial charge >= 0.3 is 0 Å². The fraction of sp³-hybridized carbons (Fsp3) is 0.300. The van der Waals surface area contributed by atoms with Crippen molar-refractivity contribution in [1.29, 1.82) is 5.41 Å². The Balaban J connectivity index is 1.98. The number of nitrogens with two attached hydrogens (primary N) is 1. The molecule has 0 heterocycles. The molecule has 0 saturated heterocycles. The first kappa shape index (κ1) is 19.5. The van der Waals surface area contributed by atoms with Gasteiger partial charge in [-0.25, -0.2) is 0 Å². The number of hydrogen-bond acceptors (Lipinski definition) is 4. The third-order valence-electron chi connectivity index (χ3n) is 3.76. The number of ether oxygens (including phenoxy) is 2. The molecule has 2 aromatic carbocycles. The molecule has 0 aliphatic rings. The highest BCUT2D eigenvalue weighted by Gasteiger charge is 2.19. The molecule has 0 aromatic heterocycles. The summed E-state index contributed by atoms with van der Waals surface area (Å²) in [6.07, 6.45) is -0.601. The number of rotatable bonds is 8. The van der Waals surface area contributed by atoms with Crippen LogP contribution in [0.25, 0.3) is 0 Å². The summed E-state index contributed by atoms with van der Waals surface area (Å²) >= 11 is 0. The van der Waals surface area contributed by atoms with Crippen molar-refractivity contribution < 1.29 is 14.3 Å².